The zero-order chi connectivity index (χ0) is 20.6. The predicted molar refractivity (Wildman–Crippen MR) is 119 cm³/mol. The third kappa shape index (κ3) is 6.76. The quantitative estimate of drug-likeness (QED) is 0.333. The fourth-order valence-corrected chi connectivity index (χ4v) is 3.09. The highest BCUT2D eigenvalue weighted by atomic mass is 35.5. The Morgan fingerprint density at radius 3 is 2.00 bits per heavy atom. The maximum Gasteiger partial charge on any atom is 0.157 e. The average Bonchev–Trinajstić information content (AvgIpc) is 2.69. The van der Waals surface area contributed by atoms with Crippen molar-refractivity contribution in [2.45, 2.75) is 6.61 Å². The normalized spacial score (nSPS) is 10.3. The van der Waals surface area contributed by atoms with Crippen LogP contribution in [0.5, 0.6) is 23.0 Å². The summed E-state index contributed by atoms with van der Waals surface area (Å²) in [5.74, 6) is 2.39. The van der Waals surface area contributed by atoms with Gasteiger partial charge in [0, 0.05) is 12.1 Å². The van der Waals surface area contributed by atoms with Crippen molar-refractivity contribution in [2.75, 3.05) is 6.61 Å². The van der Waals surface area contributed by atoms with Gasteiger partial charge in [-0.25, -0.2) is 0 Å². The monoisotopic (exact) mass is 468 g/mol. The molecule has 0 saturated carbocycles. The molecular formula is C22H16Cl4O3. The lowest BCUT2D eigenvalue weighted by Gasteiger charge is -2.13. The zero-order valence-corrected chi connectivity index (χ0v) is 18.1. The molecule has 0 heterocycles. The van der Waals surface area contributed by atoms with Crippen molar-refractivity contribution in [3.63, 3.8) is 0 Å². The molecule has 7 heteroatoms. The van der Waals surface area contributed by atoms with E-state index in [9.17, 15) is 0 Å². The standard InChI is InChI=1S/C22H16Cl4O3/c23-19-12-18(27-11-10-21(25)26)13-20(24)22(19)28-14-15-6-8-17(9-7-15)29-16-4-2-1-3-5-16/h1-10,12-13H,11,14H2. The third-order valence-electron chi connectivity index (χ3n) is 3.74. The minimum Gasteiger partial charge on any atom is -0.489 e. The van der Waals surface area contributed by atoms with Crippen molar-refractivity contribution >= 4 is 46.4 Å². The number of ether oxygens (including phenoxy) is 3. The van der Waals surface area contributed by atoms with Crippen LogP contribution in [0.3, 0.4) is 0 Å². The SMILES string of the molecule is ClC(Cl)=CCOc1cc(Cl)c(OCc2ccc(Oc3ccccc3)cc2)c(Cl)c1. The highest BCUT2D eigenvalue weighted by molar-refractivity contribution is 6.55. The molecular weight excluding hydrogens is 454 g/mol. The summed E-state index contributed by atoms with van der Waals surface area (Å²) in [7, 11) is 0. The van der Waals surface area contributed by atoms with Crippen LogP contribution in [0.1, 0.15) is 5.56 Å². The van der Waals surface area contributed by atoms with E-state index in [2.05, 4.69) is 0 Å². The molecule has 3 nitrogen and oxygen atoms in total. The summed E-state index contributed by atoms with van der Waals surface area (Å²) in [4.78, 5) is 0. The van der Waals surface area contributed by atoms with E-state index in [1.54, 1.807) is 12.1 Å². The van der Waals surface area contributed by atoms with Gasteiger partial charge in [-0.2, -0.15) is 0 Å². The molecule has 0 amide bonds. The van der Waals surface area contributed by atoms with Crippen molar-refractivity contribution in [3.8, 4) is 23.0 Å². The maximum absolute atomic E-state index is 6.28. The number of para-hydroxylation sites is 1. The number of rotatable bonds is 8. The zero-order valence-electron chi connectivity index (χ0n) is 15.1. The first kappa shape index (κ1) is 21.7. The Kier molecular flexibility index (Phi) is 7.96. The summed E-state index contributed by atoms with van der Waals surface area (Å²) >= 11 is 23.7. The van der Waals surface area contributed by atoms with E-state index in [-0.39, 0.29) is 11.1 Å². The minimum absolute atomic E-state index is 0.127. The maximum atomic E-state index is 6.28. The molecule has 0 aliphatic carbocycles. The van der Waals surface area contributed by atoms with Crippen molar-refractivity contribution in [1.82, 2.24) is 0 Å². The molecule has 0 bridgehead atoms. The second-order valence-corrected chi connectivity index (χ2v) is 7.69. The van der Waals surface area contributed by atoms with Crippen LogP contribution in [0.25, 0.3) is 0 Å². The van der Waals surface area contributed by atoms with Crippen LogP contribution in [0.4, 0.5) is 0 Å². The Balaban J connectivity index is 1.60. The van der Waals surface area contributed by atoms with Crippen LogP contribution < -0.4 is 14.2 Å². The number of halogens is 4. The first-order valence-electron chi connectivity index (χ1n) is 8.59. The van der Waals surface area contributed by atoms with Gasteiger partial charge >= 0.3 is 0 Å². The third-order valence-corrected chi connectivity index (χ3v) is 4.61. The van der Waals surface area contributed by atoms with Crippen molar-refractivity contribution < 1.29 is 14.2 Å². The lowest BCUT2D eigenvalue weighted by Crippen LogP contribution is -1.98. The fourth-order valence-electron chi connectivity index (χ4n) is 2.39. The Morgan fingerprint density at radius 1 is 0.759 bits per heavy atom. The summed E-state index contributed by atoms with van der Waals surface area (Å²) in [6.07, 6.45) is 1.51. The van der Waals surface area contributed by atoms with E-state index in [4.69, 9.17) is 60.6 Å². The van der Waals surface area contributed by atoms with Crippen molar-refractivity contribution in [2.24, 2.45) is 0 Å². The fraction of sp³-hybridized carbons (Fsp3) is 0.0909. The number of hydrogen-bond acceptors (Lipinski definition) is 3. The first-order valence-corrected chi connectivity index (χ1v) is 10.1. The molecule has 0 atom stereocenters. The van der Waals surface area contributed by atoms with Gasteiger partial charge in [-0.15, -0.1) is 0 Å². The smallest absolute Gasteiger partial charge is 0.157 e. The van der Waals surface area contributed by atoms with Crippen LogP contribution >= 0.6 is 46.4 Å². The molecule has 29 heavy (non-hydrogen) atoms. The second-order valence-electron chi connectivity index (χ2n) is 5.87. The van der Waals surface area contributed by atoms with Gasteiger partial charge in [0.05, 0.1) is 10.0 Å². The Labute approximate surface area is 189 Å². The molecule has 0 radical (unpaired) electrons. The molecule has 0 aliphatic heterocycles. The molecule has 0 N–H and O–H groups in total. The highest BCUT2D eigenvalue weighted by Crippen LogP contribution is 2.37. The van der Waals surface area contributed by atoms with Crippen LogP contribution in [-0.2, 0) is 6.61 Å². The summed E-state index contributed by atoms with van der Waals surface area (Å²) in [5.41, 5.74) is 0.944. The lowest BCUT2D eigenvalue weighted by molar-refractivity contribution is 0.305. The topological polar surface area (TPSA) is 27.7 Å². The van der Waals surface area contributed by atoms with Gasteiger partial charge in [0.25, 0.3) is 0 Å². The molecule has 3 aromatic carbocycles. The van der Waals surface area contributed by atoms with E-state index < -0.39 is 0 Å². The lowest BCUT2D eigenvalue weighted by atomic mass is 10.2. The molecule has 3 aromatic rings. The van der Waals surface area contributed by atoms with E-state index in [1.165, 1.54) is 6.08 Å². The first-order chi connectivity index (χ1) is 14.0. The summed E-state index contributed by atoms with van der Waals surface area (Å²) in [6.45, 7) is 0.502. The summed E-state index contributed by atoms with van der Waals surface area (Å²) in [5, 5.41) is 0.690. The van der Waals surface area contributed by atoms with Gasteiger partial charge in [-0.05, 0) is 35.9 Å². The van der Waals surface area contributed by atoms with Crippen LogP contribution in [0.15, 0.2) is 77.3 Å². The molecule has 0 spiro atoms. The molecule has 3 rings (SSSR count). The molecule has 150 valence electrons. The molecule has 0 aliphatic rings. The Hall–Kier alpha value is -2.04. The molecule has 0 unspecified atom stereocenters. The van der Waals surface area contributed by atoms with E-state index in [0.29, 0.717) is 28.2 Å². The molecule has 0 saturated heterocycles. The van der Waals surface area contributed by atoms with Crippen molar-refractivity contribution in [1.29, 1.82) is 0 Å². The van der Waals surface area contributed by atoms with Crippen LogP contribution in [-0.4, -0.2) is 6.61 Å². The number of hydrogen-bond donors (Lipinski definition) is 0. The van der Waals surface area contributed by atoms with E-state index in [0.717, 1.165) is 17.1 Å². The Bertz CT molecular complexity index is 946. The minimum atomic E-state index is 0.127. The van der Waals surface area contributed by atoms with Crippen LogP contribution in [0, 0.1) is 0 Å². The van der Waals surface area contributed by atoms with E-state index >= 15 is 0 Å². The summed E-state index contributed by atoms with van der Waals surface area (Å²) in [6, 6.07) is 20.4. The van der Waals surface area contributed by atoms with Gasteiger partial charge in [-0.1, -0.05) is 76.7 Å². The Morgan fingerprint density at radius 2 is 1.38 bits per heavy atom. The van der Waals surface area contributed by atoms with Gasteiger partial charge in [0.15, 0.2) is 5.75 Å². The highest BCUT2D eigenvalue weighted by Gasteiger charge is 2.11. The van der Waals surface area contributed by atoms with E-state index in [1.807, 2.05) is 54.6 Å². The second kappa shape index (κ2) is 10.7. The van der Waals surface area contributed by atoms with Gasteiger partial charge < -0.3 is 14.2 Å². The predicted octanol–water partition coefficient (Wildman–Crippen LogP) is 8.06. The van der Waals surface area contributed by atoms with Gasteiger partial charge in [0.1, 0.15) is 35.0 Å². The molecule has 0 aromatic heterocycles. The van der Waals surface area contributed by atoms with Gasteiger partial charge in [-0.3, -0.25) is 0 Å². The largest absolute Gasteiger partial charge is 0.489 e. The number of benzene rings is 3. The molecule has 0 fully saturated rings. The average molecular weight is 470 g/mol. The van der Waals surface area contributed by atoms with Gasteiger partial charge in [0.2, 0.25) is 0 Å². The summed E-state index contributed by atoms with van der Waals surface area (Å²) < 4.78 is 17.2. The van der Waals surface area contributed by atoms with Crippen molar-refractivity contribution in [3.05, 3.63) is 92.9 Å². The van der Waals surface area contributed by atoms with Crippen LogP contribution in [0.2, 0.25) is 10.0 Å².